The molecule has 1 unspecified atom stereocenters. The number of aromatic nitrogens is 3. The van der Waals surface area contributed by atoms with Crippen LogP contribution in [0.1, 0.15) is 43.5 Å². The molecule has 7 heteroatoms. The highest BCUT2D eigenvalue weighted by Gasteiger charge is 2.19. The molecule has 0 radical (unpaired) electrons. The number of hydrogen-bond donors (Lipinski definition) is 1. The first-order chi connectivity index (χ1) is 12.7. The smallest absolute Gasteiger partial charge is 0.242 e. The van der Waals surface area contributed by atoms with E-state index in [0.29, 0.717) is 31.2 Å². The van der Waals surface area contributed by atoms with Crippen LogP contribution in [-0.4, -0.2) is 52.3 Å². The Morgan fingerprint density at radius 3 is 2.59 bits per heavy atom. The van der Waals surface area contributed by atoms with Crippen molar-refractivity contribution in [3.8, 4) is 5.88 Å². The van der Waals surface area contributed by atoms with Gasteiger partial charge in [0.25, 0.3) is 0 Å². The summed E-state index contributed by atoms with van der Waals surface area (Å²) in [7, 11) is 5.32. The van der Waals surface area contributed by atoms with Gasteiger partial charge < -0.3 is 15.4 Å². The Balaban J connectivity index is 2.11. The Labute approximate surface area is 161 Å². The van der Waals surface area contributed by atoms with Crippen LogP contribution in [0, 0.1) is 19.8 Å². The summed E-state index contributed by atoms with van der Waals surface area (Å²) in [5, 5.41) is 5.30. The molecule has 0 spiro atoms. The van der Waals surface area contributed by atoms with E-state index in [2.05, 4.69) is 23.9 Å². The van der Waals surface area contributed by atoms with Gasteiger partial charge >= 0.3 is 0 Å². The lowest BCUT2D eigenvalue weighted by Crippen LogP contribution is -2.34. The molecular formula is C20H33N5O2. The Morgan fingerprint density at radius 2 is 2.00 bits per heavy atom. The van der Waals surface area contributed by atoms with E-state index in [1.165, 1.54) is 0 Å². The quantitative estimate of drug-likeness (QED) is 0.765. The summed E-state index contributed by atoms with van der Waals surface area (Å²) < 4.78 is 7.13. The van der Waals surface area contributed by atoms with Crippen molar-refractivity contribution in [3.05, 3.63) is 16.8 Å². The molecule has 2 rings (SSSR count). The minimum absolute atomic E-state index is 0.120. The lowest BCUT2D eigenvalue weighted by atomic mass is 9.99. The fraction of sp³-hybridized carbons (Fsp3) is 0.650. The number of ether oxygens (including phenoxy) is 1. The van der Waals surface area contributed by atoms with Gasteiger partial charge in [-0.1, -0.05) is 13.8 Å². The van der Waals surface area contributed by atoms with Gasteiger partial charge in [-0.2, -0.15) is 0 Å². The fourth-order valence-corrected chi connectivity index (χ4v) is 3.33. The van der Waals surface area contributed by atoms with Gasteiger partial charge in [0, 0.05) is 38.8 Å². The summed E-state index contributed by atoms with van der Waals surface area (Å²) in [6, 6.07) is 0.120. The number of pyridine rings is 1. The van der Waals surface area contributed by atoms with Crippen molar-refractivity contribution < 1.29 is 9.53 Å². The van der Waals surface area contributed by atoms with Crippen molar-refractivity contribution in [3.63, 3.8) is 0 Å². The van der Waals surface area contributed by atoms with E-state index in [0.717, 1.165) is 34.3 Å². The van der Waals surface area contributed by atoms with Crippen molar-refractivity contribution in [1.82, 2.24) is 19.7 Å². The lowest BCUT2D eigenvalue weighted by Gasteiger charge is -2.22. The van der Waals surface area contributed by atoms with Crippen LogP contribution in [0.25, 0.3) is 11.0 Å². The van der Waals surface area contributed by atoms with Crippen LogP contribution in [-0.2, 0) is 18.3 Å². The summed E-state index contributed by atoms with van der Waals surface area (Å²) in [5.74, 6) is 1.12. The van der Waals surface area contributed by atoms with E-state index in [1.807, 2.05) is 27.9 Å². The molecule has 0 saturated heterocycles. The fourth-order valence-electron chi connectivity index (χ4n) is 3.33. The van der Waals surface area contributed by atoms with Crippen LogP contribution in [0.15, 0.2) is 0 Å². The Hall–Kier alpha value is -2.15. The molecule has 2 heterocycles. The van der Waals surface area contributed by atoms with Gasteiger partial charge in [0.1, 0.15) is 0 Å². The number of nitrogens with two attached hydrogens (primary N) is 1. The standard InChI is InChI=1S/C20H33N5O2/c1-12(2)16(21)10-11-24(5)17(26)9-8-15-13(3)18-19(22-14(15)4)25(6)23-20(18)27-7/h12,16H,8-11,21H2,1-7H3. The summed E-state index contributed by atoms with van der Waals surface area (Å²) in [5.41, 5.74) is 10.00. The van der Waals surface area contributed by atoms with Crippen LogP contribution in [0.3, 0.4) is 0 Å². The highest BCUT2D eigenvalue weighted by Crippen LogP contribution is 2.30. The maximum Gasteiger partial charge on any atom is 0.242 e. The SMILES string of the molecule is COc1nn(C)c2nc(C)c(CCC(=O)N(C)CCC(N)C(C)C)c(C)c12. The zero-order valence-electron chi connectivity index (χ0n) is 17.7. The van der Waals surface area contributed by atoms with Crippen LogP contribution in [0.5, 0.6) is 5.88 Å². The third-order valence-corrected chi connectivity index (χ3v) is 5.38. The van der Waals surface area contributed by atoms with Gasteiger partial charge in [-0.25, -0.2) is 9.67 Å². The molecule has 7 nitrogen and oxygen atoms in total. The maximum absolute atomic E-state index is 12.5. The van der Waals surface area contributed by atoms with Gasteiger partial charge in [-0.3, -0.25) is 4.79 Å². The number of hydrogen-bond acceptors (Lipinski definition) is 5. The minimum Gasteiger partial charge on any atom is -0.479 e. The predicted octanol–water partition coefficient (Wildman–Crippen LogP) is 2.36. The van der Waals surface area contributed by atoms with Gasteiger partial charge in [0.2, 0.25) is 11.8 Å². The number of fused-ring (bicyclic) bond motifs is 1. The molecule has 2 aromatic rings. The molecule has 0 aliphatic rings. The molecule has 0 saturated carbocycles. The van der Waals surface area contributed by atoms with Crippen molar-refractivity contribution in [2.24, 2.45) is 18.7 Å². The first-order valence-electron chi connectivity index (χ1n) is 9.53. The zero-order chi connectivity index (χ0) is 20.3. The Bertz CT molecular complexity index is 813. The van der Waals surface area contributed by atoms with Crippen LogP contribution >= 0.6 is 0 Å². The number of amides is 1. The highest BCUT2D eigenvalue weighted by molar-refractivity contribution is 5.86. The van der Waals surface area contributed by atoms with Crippen molar-refractivity contribution >= 4 is 16.9 Å². The lowest BCUT2D eigenvalue weighted by molar-refractivity contribution is -0.129. The van der Waals surface area contributed by atoms with Crippen molar-refractivity contribution in [1.29, 1.82) is 0 Å². The van der Waals surface area contributed by atoms with E-state index in [-0.39, 0.29) is 11.9 Å². The number of rotatable bonds is 8. The number of carbonyl (C=O) groups excluding carboxylic acids is 1. The molecule has 0 fully saturated rings. The highest BCUT2D eigenvalue weighted by atomic mass is 16.5. The van der Waals surface area contributed by atoms with E-state index in [1.54, 1.807) is 16.7 Å². The van der Waals surface area contributed by atoms with Gasteiger partial charge in [0.05, 0.1) is 12.5 Å². The summed E-state index contributed by atoms with van der Waals surface area (Å²) >= 11 is 0. The predicted molar refractivity (Wildman–Crippen MR) is 108 cm³/mol. The second kappa shape index (κ2) is 8.69. The molecule has 1 amide bonds. The first-order valence-corrected chi connectivity index (χ1v) is 9.53. The van der Waals surface area contributed by atoms with E-state index < -0.39 is 0 Å². The number of nitrogens with zero attached hydrogens (tertiary/aromatic N) is 4. The van der Waals surface area contributed by atoms with Gasteiger partial charge in [0.15, 0.2) is 5.65 Å². The number of aryl methyl sites for hydroxylation is 3. The van der Waals surface area contributed by atoms with E-state index >= 15 is 0 Å². The third kappa shape index (κ3) is 4.58. The Morgan fingerprint density at radius 1 is 1.33 bits per heavy atom. The third-order valence-electron chi connectivity index (χ3n) is 5.38. The molecule has 2 N–H and O–H groups in total. The van der Waals surface area contributed by atoms with Crippen LogP contribution < -0.4 is 10.5 Å². The summed E-state index contributed by atoms with van der Waals surface area (Å²) in [4.78, 5) is 19.0. The molecule has 0 bridgehead atoms. The minimum atomic E-state index is 0.120. The van der Waals surface area contributed by atoms with Gasteiger partial charge in [-0.05, 0) is 43.7 Å². The summed E-state index contributed by atoms with van der Waals surface area (Å²) in [6.07, 6.45) is 1.92. The van der Waals surface area contributed by atoms with Gasteiger partial charge in [-0.15, -0.1) is 5.10 Å². The molecule has 0 aliphatic heterocycles. The molecule has 0 aliphatic carbocycles. The average molecular weight is 376 g/mol. The van der Waals surface area contributed by atoms with Crippen molar-refractivity contribution in [2.75, 3.05) is 20.7 Å². The van der Waals surface area contributed by atoms with E-state index in [9.17, 15) is 4.79 Å². The number of carbonyl (C=O) groups is 1. The second-order valence-electron chi connectivity index (χ2n) is 7.64. The summed E-state index contributed by atoms with van der Waals surface area (Å²) in [6.45, 7) is 8.93. The normalized spacial score (nSPS) is 12.6. The molecule has 2 aromatic heterocycles. The van der Waals surface area contributed by atoms with Crippen LogP contribution in [0.4, 0.5) is 0 Å². The zero-order valence-corrected chi connectivity index (χ0v) is 17.7. The monoisotopic (exact) mass is 375 g/mol. The Kier molecular flexibility index (Phi) is 6.81. The van der Waals surface area contributed by atoms with Crippen molar-refractivity contribution in [2.45, 2.75) is 53.0 Å². The molecule has 150 valence electrons. The molecule has 0 aromatic carbocycles. The number of methoxy groups -OCH3 is 1. The van der Waals surface area contributed by atoms with E-state index in [4.69, 9.17) is 10.5 Å². The largest absolute Gasteiger partial charge is 0.479 e. The maximum atomic E-state index is 12.5. The molecule has 27 heavy (non-hydrogen) atoms. The topological polar surface area (TPSA) is 86.3 Å². The molecular weight excluding hydrogens is 342 g/mol. The van der Waals surface area contributed by atoms with Crippen LogP contribution in [0.2, 0.25) is 0 Å². The molecule has 1 atom stereocenters. The average Bonchev–Trinajstić information content (AvgIpc) is 2.94. The second-order valence-corrected chi connectivity index (χ2v) is 7.64. The first kappa shape index (κ1) is 21.2.